The van der Waals surface area contributed by atoms with Crippen molar-refractivity contribution in [3.8, 4) is 11.5 Å². The van der Waals surface area contributed by atoms with Crippen molar-refractivity contribution in [1.82, 2.24) is 9.78 Å². The predicted molar refractivity (Wildman–Crippen MR) is 85.6 cm³/mol. The molecule has 0 aliphatic rings. The highest BCUT2D eigenvalue weighted by molar-refractivity contribution is 9.10. The van der Waals surface area contributed by atoms with Crippen LogP contribution in [0, 0.1) is 6.92 Å². The van der Waals surface area contributed by atoms with Crippen molar-refractivity contribution in [2.24, 2.45) is 12.8 Å². The van der Waals surface area contributed by atoms with Crippen molar-refractivity contribution in [2.45, 2.75) is 26.5 Å². The fourth-order valence-electron chi connectivity index (χ4n) is 2.07. The van der Waals surface area contributed by atoms with Gasteiger partial charge in [0.05, 0.1) is 23.0 Å². The summed E-state index contributed by atoms with van der Waals surface area (Å²) >= 11 is 3.53. The monoisotopic (exact) mass is 353 g/mol. The summed E-state index contributed by atoms with van der Waals surface area (Å²) in [6.45, 7) is 4.29. The molecule has 5 nitrogen and oxygen atoms in total. The maximum atomic E-state index is 5.88. The predicted octanol–water partition coefficient (Wildman–Crippen LogP) is 3.10. The van der Waals surface area contributed by atoms with Gasteiger partial charge in [0.2, 0.25) is 0 Å². The molecule has 0 unspecified atom stereocenters. The van der Waals surface area contributed by atoms with Crippen LogP contribution in [-0.2, 0) is 13.7 Å². The largest absolute Gasteiger partial charge is 0.493 e. The van der Waals surface area contributed by atoms with Gasteiger partial charge in [-0.25, -0.2) is 0 Å². The lowest BCUT2D eigenvalue weighted by Gasteiger charge is -2.14. The second kappa shape index (κ2) is 6.49. The number of aryl methyl sites for hydroxylation is 2. The van der Waals surface area contributed by atoms with Gasteiger partial charge in [-0.2, -0.15) is 5.10 Å². The second-order valence-corrected chi connectivity index (χ2v) is 5.75. The Balaban J connectivity index is 2.20. The number of aromatic nitrogens is 2. The molecule has 2 rings (SSSR count). The second-order valence-electron chi connectivity index (χ2n) is 4.96. The first-order chi connectivity index (χ1) is 9.93. The van der Waals surface area contributed by atoms with Crippen molar-refractivity contribution in [3.05, 3.63) is 39.6 Å². The van der Waals surface area contributed by atoms with Gasteiger partial charge >= 0.3 is 0 Å². The molecule has 0 spiro atoms. The fourth-order valence-corrected chi connectivity index (χ4v) is 2.52. The van der Waals surface area contributed by atoms with E-state index >= 15 is 0 Å². The third-order valence-corrected chi connectivity index (χ3v) is 4.37. The zero-order valence-corrected chi connectivity index (χ0v) is 14.3. The van der Waals surface area contributed by atoms with Crippen molar-refractivity contribution >= 4 is 15.9 Å². The van der Waals surface area contributed by atoms with Crippen molar-refractivity contribution in [3.63, 3.8) is 0 Å². The number of methoxy groups -OCH3 is 1. The van der Waals surface area contributed by atoms with Crippen molar-refractivity contribution in [1.29, 1.82) is 0 Å². The Morgan fingerprint density at radius 3 is 2.62 bits per heavy atom. The first kappa shape index (κ1) is 15.9. The molecule has 114 valence electrons. The van der Waals surface area contributed by atoms with Crippen LogP contribution in [0.25, 0.3) is 0 Å². The van der Waals surface area contributed by atoms with Crippen LogP contribution < -0.4 is 15.2 Å². The van der Waals surface area contributed by atoms with Crippen LogP contribution >= 0.6 is 15.9 Å². The zero-order valence-electron chi connectivity index (χ0n) is 12.7. The minimum atomic E-state index is -0.0400. The lowest BCUT2D eigenvalue weighted by molar-refractivity contribution is 0.275. The molecule has 0 amide bonds. The molecule has 2 aromatic rings. The normalized spacial score (nSPS) is 12.3. The van der Waals surface area contributed by atoms with Crippen LogP contribution in [0.4, 0.5) is 0 Å². The maximum Gasteiger partial charge on any atom is 0.161 e. The lowest BCUT2D eigenvalue weighted by Crippen LogP contribution is -2.07. The lowest BCUT2D eigenvalue weighted by atomic mass is 10.1. The Kier molecular flexibility index (Phi) is 4.90. The van der Waals surface area contributed by atoms with E-state index in [1.54, 1.807) is 7.11 Å². The molecule has 0 aliphatic heterocycles. The Bertz CT molecular complexity index is 638. The summed E-state index contributed by atoms with van der Waals surface area (Å²) < 4.78 is 14.0. The maximum absolute atomic E-state index is 5.88. The van der Waals surface area contributed by atoms with Crippen molar-refractivity contribution in [2.75, 3.05) is 7.11 Å². The molecule has 1 heterocycles. The molecule has 0 bridgehead atoms. The topological polar surface area (TPSA) is 62.3 Å². The molecule has 21 heavy (non-hydrogen) atoms. The van der Waals surface area contributed by atoms with Crippen LogP contribution in [0.1, 0.15) is 29.9 Å². The third-order valence-electron chi connectivity index (χ3n) is 3.34. The summed E-state index contributed by atoms with van der Waals surface area (Å²) in [7, 11) is 3.52. The van der Waals surface area contributed by atoms with Crippen molar-refractivity contribution < 1.29 is 9.47 Å². The highest BCUT2D eigenvalue weighted by atomic mass is 79.9. The average molecular weight is 354 g/mol. The molecule has 0 radical (unpaired) electrons. The Morgan fingerprint density at radius 1 is 1.38 bits per heavy atom. The minimum Gasteiger partial charge on any atom is -0.493 e. The number of nitrogens with zero attached hydrogens (tertiary/aromatic N) is 2. The van der Waals surface area contributed by atoms with Gasteiger partial charge in [0.1, 0.15) is 6.61 Å². The molecular weight excluding hydrogens is 334 g/mol. The first-order valence-electron chi connectivity index (χ1n) is 6.68. The summed E-state index contributed by atoms with van der Waals surface area (Å²) in [6, 6.07) is 5.70. The van der Waals surface area contributed by atoms with Gasteiger partial charge in [0.15, 0.2) is 11.5 Å². The number of ether oxygens (including phenoxy) is 2. The number of rotatable bonds is 5. The van der Waals surface area contributed by atoms with E-state index in [1.807, 2.05) is 43.8 Å². The van der Waals surface area contributed by atoms with E-state index < -0.39 is 0 Å². The summed E-state index contributed by atoms with van der Waals surface area (Å²) in [5, 5.41) is 4.34. The molecule has 0 aliphatic carbocycles. The summed E-state index contributed by atoms with van der Waals surface area (Å²) in [5.74, 6) is 1.37. The van der Waals surface area contributed by atoms with Gasteiger partial charge < -0.3 is 15.2 Å². The van der Waals surface area contributed by atoms with Crippen LogP contribution in [-0.4, -0.2) is 16.9 Å². The number of halogens is 1. The molecule has 0 saturated carbocycles. The highest BCUT2D eigenvalue weighted by Gasteiger charge is 2.13. The van der Waals surface area contributed by atoms with Crippen LogP contribution in [0.5, 0.6) is 11.5 Å². The minimum absolute atomic E-state index is 0.0400. The number of hydrogen-bond acceptors (Lipinski definition) is 4. The molecule has 6 heteroatoms. The van der Waals surface area contributed by atoms with Crippen LogP contribution in [0.3, 0.4) is 0 Å². The number of benzene rings is 1. The van der Waals surface area contributed by atoms with E-state index in [2.05, 4.69) is 21.0 Å². The quantitative estimate of drug-likeness (QED) is 0.896. The molecule has 1 atom stereocenters. The summed E-state index contributed by atoms with van der Waals surface area (Å²) in [5.41, 5.74) is 8.81. The first-order valence-corrected chi connectivity index (χ1v) is 7.47. The van der Waals surface area contributed by atoms with Gasteiger partial charge in [-0.15, -0.1) is 0 Å². The molecule has 1 aromatic carbocycles. The van der Waals surface area contributed by atoms with E-state index in [4.69, 9.17) is 15.2 Å². The van der Waals surface area contributed by atoms with Gasteiger partial charge in [-0.3, -0.25) is 4.68 Å². The molecule has 2 N–H and O–H groups in total. The zero-order chi connectivity index (χ0) is 15.6. The van der Waals surface area contributed by atoms with Gasteiger partial charge in [0, 0.05) is 13.1 Å². The van der Waals surface area contributed by atoms with Crippen LogP contribution in [0.15, 0.2) is 22.7 Å². The standard InChI is InChI=1S/C15H20BrN3O2/c1-9(17)11-5-6-13(14(7-11)20-4)21-8-12-15(16)10(2)18-19(12)3/h5-7,9H,8,17H2,1-4H3/t9-/m0/s1. The van der Waals surface area contributed by atoms with E-state index in [0.29, 0.717) is 18.1 Å². The van der Waals surface area contributed by atoms with Gasteiger partial charge in [0.25, 0.3) is 0 Å². The Labute approximate surface area is 133 Å². The summed E-state index contributed by atoms with van der Waals surface area (Å²) in [6.07, 6.45) is 0. The van der Waals surface area contributed by atoms with E-state index in [1.165, 1.54) is 0 Å². The Hall–Kier alpha value is -1.53. The summed E-state index contributed by atoms with van der Waals surface area (Å²) in [4.78, 5) is 0. The van der Waals surface area contributed by atoms with E-state index in [0.717, 1.165) is 21.4 Å². The van der Waals surface area contributed by atoms with Gasteiger partial charge in [-0.05, 0) is 47.5 Å². The number of nitrogens with two attached hydrogens (primary N) is 1. The average Bonchev–Trinajstić information content (AvgIpc) is 2.70. The molecular formula is C15H20BrN3O2. The molecule has 0 fully saturated rings. The SMILES string of the molecule is COc1cc([C@H](C)N)ccc1OCc1c(Br)c(C)nn1C. The number of hydrogen-bond donors (Lipinski definition) is 1. The fraction of sp³-hybridized carbons (Fsp3) is 0.400. The third kappa shape index (κ3) is 3.39. The van der Waals surface area contributed by atoms with Crippen LogP contribution in [0.2, 0.25) is 0 Å². The van der Waals surface area contributed by atoms with Gasteiger partial charge in [-0.1, -0.05) is 6.07 Å². The van der Waals surface area contributed by atoms with E-state index in [-0.39, 0.29) is 6.04 Å². The molecule has 0 saturated heterocycles. The smallest absolute Gasteiger partial charge is 0.161 e. The Morgan fingerprint density at radius 2 is 2.10 bits per heavy atom. The van der Waals surface area contributed by atoms with E-state index in [9.17, 15) is 0 Å². The molecule has 1 aromatic heterocycles. The highest BCUT2D eigenvalue weighted by Crippen LogP contribution is 2.31.